The number of rotatable bonds is 6. The van der Waals surface area contributed by atoms with E-state index in [0.29, 0.717) is 17.9 Å². The molecule has 6 nitrogen and oxygen atoms in total. The van der Waals surface area contributed by atoms with Crippen molar-refractivity contribution in [3.8, 4) is 5.75 Å². The van der Waals surface area contributed by atoms with Gasteiger partial charge in [-0.05, 0) is 46.3 Å². The van der Waals surface area contributed by atoms with Gasteiger partial charge in [0.15, 0.2) is 0 Å². The molecule has 1 saturated heterocycles. The number of thioether (sulfide) groups is 1. The van der Waals surface area contributed by atoms with Gasteiger partial charge in [-0.1, -0.05) is 54.6 Å². The van der Waals surface area contributed by atoms with Crippen LogP contribution in [0.25, 0.3) is 16.8 Å². The van der Waals surface area contributed by atoms with Crippen molar-refractivity contribution in [1.29, 1.82) is 0 Å². The van der Waals surface area contributed by atoms with Crippen molar-refractivity contribution in [2.75, 3.05) is 6.54 Å². The first kappa shape index (κ1) is 19.7. The summed E-state index contributed by atoms with van der Waals surface area (Å²) in [7, 11) is 0. The van der Waals surface area contributed by atoms with Gasteiger partial charge in [0.25, 0.3) is 11.1 Å². The molecule has 0 atom stereocenters. The Kier molecular flexibility index (Phi) is 5.54. The Bertz CT molecular complexity index is 1190. The lowest BCUT2D eigenvalue weighted by Gasteiger charge is -2.11. The Morgan fingerprint density at radius 1 is 1.00 bits per heavy atom. The lowest BCUT2D eigenvalue weighted by Crippen LogP contribution is -2.36. The molecule has 0 radical (unpaired) electrons. The molecule has 0 bridgehead atoms. The van der Waals surface area contributed by atoms with E-state index in [1.54, 1.807) is 18.2 Å². The number of carbonyl (C=O) groups is 3. The number of benzene rings is 3. The first-order chi connectivity index (χ1) is 14.5. The molecular formula is C23H18N2O4S. The Hall–Kier alpha value is -3.58. The van der Waals surface area contributed by atoms with Crippen molar-refractivity contribution in [3.05, 3.63) is 82.8 Å². The van der Waals surface area contributed by atoms with Crippen LogP contribution in [0.3, 0.4) is 0 Å². The fraction of sp³-hybridized carbons (Fsp3) is 0.0870. The minimum Gasteiger partial charge on any atom is -0.488 e. The van der Waals surface area contributed by atoms with Gasteiger partial charge in [-0.15, -0.1) is 0 Å². The Morgan fingerprint density at radius 3 is 2.53 bits per heavy atom. The van der Waals surface area contributed by atoms with Crippen molar-refractivity contribution >= 4 is 45.7 Å². The molecule has 0 unspecified atom stereocenters. The average molecular weight is 418 g/mol. The van der Waals surface area contributed by atoms with Gasteiger partial charge in [0, 0.05) is 5.56 Å². The number of primary amides is 1. The molecule has 0 aliphatic carbocycles. The molecule has 1 aliphatic rings. The Morgan fingerprint density at radius 2 is 1.73 bits per heavy atom. The molecule has 3 aromatic rings. The second-order valence-electron chi connectivity index (χ2n) is 6.74. The van der Waals surface area contributed by atoms with E-state index in [0.717, 1.165) is 33.0 Å². The van der Waals surface area contributed by atoms with Gasteiger partial charge >= 0.3 is 0 Å². The minimum atomic E-state index is -0.738. The van der Waals surface area contributed by atoms with Crippen LogP contribution in [-0.4, -0.2) is 28.5 Å². The Balaban J connectivity index is 1.54. The van der Waals surface area contributed by atoms with E-state index in [1.807, 2.05) is 30.3 Å². The monoisotopic (exact) mass is 418 g/mol. The average Bonchev–Trinajstić information content (AvgIpc) is 3.00. The molecule has 3 aromatic carbocycles. The number of fused-ring (bicyclic) bond motifs is 1. The van der Waals surface area contributed by atoms with E-state index in [9.17, 15) is 14.4 Å². The van der Waals surface area contributed by atoms with Gasteiger partial charge in [0.2, 0.25) is 5.91 Å². The standard InChI is InChI=1S/C23H18N2O4S/c24-21(26)13-25-22(27)20(30-23(25)28)12-18-7-3-4-8-19(18)29-14-15-9-10-16-5-1-2-6-17(16)11-15/h1-12H,13-14H2,(H2,24,26)/b20-12-. The van der Waals surface area contributed by atoms with Crippen LogP contribution in [0.1, 0.15) is 11.1 Å². The second kappa shape index (κ2) is 8.42. The summed E-state index contributed by atoms with van der Waals surface area (Å²) in [5.41, 5.74) is 6.80. The highest BCUT2D eigenvalue weighted by molar-refractivity contribution is 8.18. The highest BCUT2D eigenvalue weighted by Gasteiger charge is 2.35. The zero-order chi connectivity index (χ0) is 21.1. The number of amides is 3. The summed E-state index contributed by atoms with van der Waals surface area (Å²) < 4.78 is 6.00. The van der Waals surface area contributed by atoms with E-state index in [1.165, 1.54) is 0 Å². The zero-order valence-corrected chi connectivity index (χ0v) is 16.7. The van der Waals surface area contributed by atoms with Crippen molar-refractivity contribution in [2.45, 2.75) is 6.61 Å². The van der Waals surface area contributed by atoms with Crippen LogP contribution in [0, 0.1) is 0 Å². The van der Waals surface area contributed by atoms with Gasteiger partial charge in [-0.2, -0.15) is 0 Å². The number of para-hydroxylation sites is 1. The largest absolute Gasteiger partial charge is 0.488 e. The van der Waals surface area contributed by atoms with Crippen LogP contribution in [0.15, 0.2) is 71.6 Å². The van der Waals surface area contributed by atoms with Gasteiger partial charge in [0.05, 0.1) is 4.91 Å². The SMILES string of the molecule is NC(=O)CN1C(=O)S/C(=C\c2ccccc2OCc2ccc3ccccc3c2)C1=O. The highest BCUT2D eigenvalue weighted by atomic mass is 32.2. The maximum Gasteiger partial charge on any atom is 0.294 e. The number of hydrogen-bond donors (Lipinski definition) is 1. The molecule has 1 aliphatic heterocycles. The van der Waals surface area contributed by atoms with E-state index in [-0.39, 0.29) is 4.91 Å². The van der Waals surface area contributed by atoms with Crippen LogP contribution < -0.4 is 10.5 Å². The molecule has 0 aromatic heterocycles. The highest BCUT2D eigenvalue weighted by Crippen LogP contribution is 2.34. The quantitative estimate of drug-likeness (QED) is 0.613. The topological polar surface area (TPSA) is 89.7 Å². The van der Waals surface area contributed by atoms with Gasteiger partial charge < -0.3 is 10.5 Å². The van der Waals surface area contributed by atoms with E-state index < -0.39 is 23.6 Å². The van der Waals surface area contributed by atoms with E-state index in [2.05, 4.69) is 24.3 Å². The summed E-state index contributed by atoms with van der Waals surface area (Å²) >= 11 is 0.778. The normalized spacial score (nSPS) is 15.2. The van der Waals surface area contributed by atoms with Crippen LogP contribution in [-0.2, 0) is 16.2 Å². The van der Waals surface area contributed by atoms with Gasteiger partial charge in [-0.25, -0.2) is 0 Å². The maximum absolute atomic E-state index is 12.4. The molecule has 1 fully saturated rings. The fourth-order valence-corrected chi connectivity index (χ4v) is 3.98. The number of imide groups is 1. The van der Waals surface area contributed by atoms with Gasteiger partial charge in [-0.3, -0.25) is 19.3 Å². The third-order valence-corrected chi connectivity index (χ3v) is 5.51. The minimum absolute atomic E-state index is 0.225. The van der Waals surface area contributed by atoms with Gasteiger partial charge in [0.1, 0.15) is 18.9 Å². The number of carbonyl (C=O) groups excluding carboxylic acids is 3. The smallest absolute Gasteiger partial charge is 0.294 e. The molecular weight excluding hydrogens is 400 g/mol. The number of nitrogens with two attached hydrogens (primary N) is 1. The summed E-state index contributed by atoms with van der Waals surface area (Å²) in [5, 5.41) is 1.78. The third kappa shape index (κ3) is 4.21. The molecule has 7 heteroatoms. The number of nitrogens with zero attached hydrogens (tertiary/aromatic N) is 1. The molecule has 3 amide bonds. The molecule has 0 saturated carbocycles. The van der Waals surface area contributed by atoms with Crippen molar-refractivity contribution in [3.63, 3.8) is 0 Å². The summed E-state index contributed by atoms with van der Waals surface area (Å²) in [6.07, 6.45) is 1.60. The summed E-state index contributed by atoms with van der Waals surface area (Å²) in [5.74, 6) is -0.682. The van der Waals surface area contributed by atoms with Crippen LogP contribution in [0.2, 0.25) is 0 Å². The molecule has 0 spiro atoms. The molecule has 30 heavy (non-hydrogen) atoms. The molecule has 1 heterocycles. The van der Waals surface area contributed by atoms with Crippen LogP contribution in [0.4, 0.5) is 4.79 Å². The predicted molar refractivity (Wildman–Crippen MR) is 117 cm³/mol. The van der Waals surface area contributed by atoms with E-state index >= 15 is 0 Å². The van der Waals surface area contributed by atoms with Crippen molar-refractivity contribution in [1.82, 2.24) is 4.90 Å². The lowest BCUT2D eigenvalue weighted by molar-refractivity contribution is -0.127. The molecule has 4 rings (SSSR count). The van der Waals surface area contributed by atoms with Crippen LogP contribution >= 0.6 is 11.8 Å². The fourth-order valence-electron chi connectivity index (χ4n) is 3.15. The molecule has 2 N–H and O–H groups in total. The maximum atomic E-state index is 12.4. The van der Waals surface area contributed by atoms with E-state index in [4.69, 9.17) is 10.5 Å². The predicted octanol–water partition coefficient (Wildman–Crippen LogP) is 3.94. The summed E-state index contributed by atoms with van der Waals surface area (Å²) in [4.78, 5) is 36.6. The summed E-state index contributed by atoms with van der Waals surface area (Å²) in [6, 6.07) is 21.5. The second-order valence-corrected chi connectivity index (χ2v) is 7.74. The number of ether oxygens (including phenoxy) is 1. The van der Waals surface area contributed by atoms with Crippen molar-refractivity contribution < 1.29 is 19.1 Å². The summed E-state index contributed by atoms with van der Waals surface area (Å²) in [6.45, 7) is -0.0685. The lowest BCUT2D eigenvalue weighted by atomic mass is 10.1. The first-order valence-electron chi connectivity index (χ1n) is 9.24. The zero-order valence-electron chi connectivity index (χ0n) is 15.9. The van der Waals surface area contributed by atoms with Crippen LogP contribution in [0.5, 0.6) is 5.75 Å². The Labute approximate surface area is 177 Å². The van der Waals surface area contributed by atoms with Crippen molar-refractivity contribution in [2.24, 2.45) is 5.73 Å². The first-order valence-corrected chi connectivity index (χ1v) is 10.1. The number of hydrogen-bond acceptors (Lipinski definition) is 5. The third-order valence-electron chi connectivity index (χ3n) is 4.60. The molecule has 150 valence electrons.